The highest BCUT2D eigenvalue weighted by molar-refractivity contribution is 6.35. The minimum atomic E-state index is -0.266. The van der Waals surface area contributed by atoms with Crippen LogP contribution in [-0.4, -0.2) is 9.97 Å². The molecule has 0 amide bonds. The Morgan fingerprint density at radius 1 is 1.24 bits per heavy atom. The summed E-state index contributed by atoms with van der Waals surface area (Å²) in [4.78, 5) is 18.8. The molecule has 5 heteroatoms. The van der Waals surface area contributed by atoms with Crippen LogP contribution in [0.25, 0.3) is 11.3 Å². The monoisotopic (exact) mass is 268 g/mol. The van der Waals surface area contributed by atoms with Crippen molar-refractivity contribution in [2.75, 3.05) is 0 Å². The maximum atomic E-state index is 11.8. The largest absolute Gasteiger partial charge is 0.323 e. The topological polar surface area (TPSA) is 45.8 Å². The van der Waals surface area contributed by atoms with Crippen LogP contribution in [0.1, 0.15) is 11.4 Å². The second-order valence-corrected chi connectivity index (χ2v) is 4.59. The van der Waals surface area contributed by atoms with E-state index in [0.717, 1.165) is 11.4 Å². The summed E-state index contributed by atoms with van der Waals surface area (Å²) in [6.07, 6.45) is 0. The minimum absolute atomic E-state index is 0.266. The molecule has 0 aliphatic rings. The van der Waals surface area contributed by atoms with Gasteiger partial charge in [0.1, 0.15) is 5.69 Å². The van der Waals surface area contributed by atoms with Gasteiger partial charge >= 0.3 is 0 Å². The third kappa shape index (κ3) is 2.35. The summed E-state index contributed by atoms with van der Waals surface area (Å²) in [5.74, 6) is 0. The van der Waals surface area contributed by atoms with Gasteiger partial charge in [-0.05, 0) is 32.0 Å². The molecule has 0 unspecified atom stereocenters. The van der Waals surface area contributed by atoms with Gasteiger partial charge in [-0.2, -0.15) is 0 Å². The Bertz CT molecular complexity index is 635. The van der Waals surface area contributed by atoms with Crippen molar-refractivity contribution >= 4 is 23.2 Å². The summed E-state index contributed by atoms with van der Waals surface area (Å²) >= 11 is 11.9. The number of rotatable bonds is 1. The van der Waals surface area contributed by atoms with E-state index < -0.39 is 0 Å². The van der Waals surface area contributed by atoms with Gasteiger partial charge in [0.05, 0.1) is 10.7 Å². The van der Waals surface area contributed by atoms with E-state index in [1.54, 1.807) is 25.1 Å². The molecule has 2 rings (SSSR count). The molecule has 0 atom stereocenters. The third-order valence-corrected chi connectivity index (χ3v) is 3.09. The second kappa shape index (κ2) is 4.51. The summed E-state index contributed by atoms with van der Waals surface area (Å²) in [5, 5.41) is 0.972. The normalized spacial score (nSPS) is 10.6. The molecule has 2 aromatic rings. The van der Waals surface area contributed by atoms with E-state index in [2.05, 4.69) is 9.97 Å². The van der Waals surface area contributed by atoms with Crippen molar-refractivity contribution in [3.8, 4) is 11.3 Å². The highest BCUT2D eigenvalue weighted by atomic mass is 35.5. The van der Waals surface area contributed by atoms with Crippen LogP contribution < -0.4 is 5.56 Å². The lowest BCUT2D eigenvalue weighted by molar-refractivity contribution is 1.02. The quantitative estimate of drug-likeness (QED) is 0.862. The number of hydrogen-bond acceptors (Lipinski definition) is 2. The van der Waals surface area contributed by atoms with Crippen LogP contribution in [0.15, 0.2) is 23.0 Å². The number of aryl methyl sites for hydroxylation is 2. The van der Waals surface area contributed by atoms with Gasteiger partial charge in [-0.15, -0.1) is 0 Å². The molecule has 3 nitrogen and oxygen atoms in total. The van der Waals surface area contributed by atoms with Crippen molar-refractivity contribution in [1.29, 1.82) is 0 Å². The molecule has 0 aliphatic carbocycles. The van der Waals surface area contributed by atoms with E-state index in [-0.39, 0.29) is 5.56 Å². The number of nitrogens with zero attached hydrogens (tertiary/aromatic N) is 1. The Morgan fingerprint density at radius 2 is 1.94 bits per heavy atom. The van der Waals surface area contributed by atoms with Gasteiger partial charge in [0.25, 0.3) is 5.56 Å². The molecule has 0 spiro atoms. The number of H-pyrrole nitrogens is 1. The predicted molar refractivity (Wildman–Crippen MR) is 69.8 cm³/mol. The maximum absolute atomic E-state index is 11.8. The Balaban J connectivity index is 2.72. The third-order valence-electron chi connectivity index (χ3n) is 2.52. The molecule has 1 aromatic carbocycles. The Labute approximate surface area is 108 Å². The van der Waals surface area contributed by atoms with Gasteiger partial charge in [0.2, 0.25) is 0 Å². The summed E-state index contributed by atoms with van der Waals surface area (Å²) in [7, 11) is 0. The lowest BCUT2D eigenvalue weighted by atomic mass is 10.1. The van der Waals surface area contributed by atoms with Crippen LogP contribution in [0.4, 0.5) is 0 Å². The van der Waals surface area contributed by atoms with Crippen LogP contribution in [0.3, 0.4) is 0 Å². The van der Waals surface area contributed by atoms with E-state index in [0.29, 0.717) is 21.3 Å². The average molecular weight is 269 g/mol. The van der Waals surface area contributed by atoms with Crippen LogP contribution in [0.5, 0.6) is 0 Å². The van der Waals surface area contributed by atoms with Crippen molar-refractivity contribution in [3.63, 3.8) is 0 Å². The number of aromatic nitrogens is 2. The zero-order chi connectivity index (χ0) is 12.6. The Kier molecular flexibility index (Phi) is 3.22. The number of nitrogens with one attached hydrogen (secondary N) is 1. The van der Waals surface area contributed by atoms with Gasteiger partial charge < -0.3 is 4.98 Å². The van der Waals surface area contributed by atoms with Gasteiger partial charge in [-0.3, -0.25) is 4.79 Å². The first-order chi connectivity index (χ1) is 7.99. The standard InChI is InChI=1S/C12H10Cl2N2O/c1-6-7(2)16-12(17)11(15-6)9-5-8(13)3-4-10(9)14/h3-5H,1-2H3,(H,16,17). The Morgan fingerprint density at radius 3 is 2.65 bits per heavy atom. The zero-order valence-corrected chi connectivity index (χ0v) is 10.9. The fourth-order valence-electron chi connectivity index (χ4n) is 1.48. The maximum Gasteiger partial charge on any atom is 0.274 e. The smallest absolute Gasteiger partial charge is 0.274 e. The molecule has 0 saturated heterocycles. The molecule has 1 heterocycles. The van der Waals surface area contributed by atoms with Crippen molar-refractivity contribution in [2.24, 2.45) is 0 Å². The van der Waals surface area contributed by atoms with Crippen LogP contribution in [0.2, 0.25) is 10.0 Å². The van der Waals surface area contributed by atoms with Crippen molar-refractivity contribution in [2.45, 2.75) is 13.8 Å². The number of halogens is 2. The summed E-state index contributed by atoms with van der Waals surface area (Å²) in [5.41, 5.74) is 2.08. The number of benzene rings is 1. The lowest BCUT2D eigenvalue weighted by Crippen LogP contribution is -2.14. The molecule has 1 N–H and O–H groups in total. The molecule has 0 bridgehead atoms. The molecular weight excluding hydrogens is 259 g/mol. The van der Waals surface area contributed by atoms with E-state index in [1.807, 2.05) is 6.92 Å². The van der Waals surface area contributed by atoms with E-state index in [1.165, 1.54) is 0 Å². The summed E-state index contributed by atoms with van der Waals surface area (Å²) in [6.45, 7) is 3.63. The molecular formula is C12H10Cl2N2O. The molecule has 17 heavy (non-hydrogen) atoms. The first-order valence-corrected chi connectivity index (χ1v) is 5.77. The van der Waals surface area contributed by atoms with Crippen LogP contribution in [0, 0.1) is 13.8 Å². The Hall–Kier alpha value is -1.32. The van der Waals surface area contributed by atoms with E-state index in [4.69, 9.17) is 23.2 Å². The SMILES string of the molecule is Cc1nc(-c2cc(Cl)ccc2Cl)c(=O)[nH]c1C. The fraction of sp³-hybridized carbons (Fsp3) is 0.167. The number of hydrogen-bond donors (Lipinski definition) is 1. The predicted octanol–water partition coefficient (Wildman–Crippen LogP) is 3.36. The summed E-state index contributed by atoms with van der Waals surface area (Å²) < 4.78 is 0. The minimum Gasteiger partial charge on any atom is -0.323 e. The first kappa shape index (κ1) is 12.1. The van der Waals surface area contributed by atoms with Crippen molar-refractivity contribution in [1.82, 2.24) is 9.97 Å². The van der Waals surface area contributed by atoms with Gasteiger partial charge in [0, 0.05) is 16.3 Å². The second-order valence-electron chi connectivity index (χ2n) is 3.75. The van der Waals surface area contributed by atoms with Crippen LogP contribution in [-0.2, 0) is 0 Å². The molecule has 0 saturated carbocycles. The van der Waals surface area contributed by atoms with Crippen molar-refractivity contribution < 1.29 is 0 Å². The average Bonchev–Trinajstić information content (AvgIpc) is 2.27. The van der Waals surface area contributed by atoms with Gasteiger partial charge in [-0.1, -0.05) is 23.2 Å². The molecule has 0 fully saturated rings. The molecule has 1 aromatic heterocycles. The fourth-order valence-corrected chi connectivity index (χ4v) is 1.86. The highest BCUT2D eigenvalue weighted by Gasteiger charge is 2.11. The van der Waals surface area contributed by atoms with Crippen molar-refractivity contribution in [3.05, 3.63) is 50.0 Å². The van der Waals surface area contributed by atoms with Gasteiger partial charge in [0.15, 0.2) is 0 Å². The molecule has 88 valence electrons. The lowest BCUT2D eigenvalue weighted by Gasteiger charge is -2.06. The van der Waals surface area contributed by atoms with Gasteiger partial charge in [-0.25, -0.2) is 4.98 Å². The van der Waals surface area contributed by atoms with E-state index in [9.17, 15) is 4.79 Å². The highest BCUT2D eigenvalue weighted by Crippen LogP contribution is 2.27. The molecule has 0 radical (unpaired) electrons. The van der Waals surface area contributed by atoms with Crippen LogP contribution >= 0.6 is 23.2 Å². The first-order valence-electron chi connectivity index (χ1n) is 5.02. The molecule has 0 aliphatic heterocycles. The zero-order valence-electron chi connectivity index (χ0n) is 9.34. The van der Waals surface area contributed by atoms with E-state index >= 15 is 0 Å². The number of aromatic amines is 1. The summed E-state index contributed by atoms with van der Waals surface area (Å²) in [6, 6.07) is 4.95.